The quantitative estimate of drug-likeness (QED) is 0.530. The number of hydrogen-bond donors (Lipinski definition) is 1. The summed E-state index contributed by atoms with van der Waals surface area (Å²) in [5.41, 5.74) is 0. The molecule has 2 aliphatic rings. The molecule has 0 radical (unpaired) electrons. The molecule has 0 bridgehead atoms. The van der Waals surface area contributed by atoms with Crippen LogP contribution in [0.5, 0.6) is 5.75 Å². The Bertz CT molecular complexity index is 523. The lowest BCUT2D eigenvalue weighted by Gasteiger charge is -2.32. The van der Waals surface area contributed by atoms with Crippen LogP contribution in [0.15, 0.2) is 47.5 Å². The van der Waals surface area contributed by atoms with E-state index in [1.54, 1.807) is 24.3 Å². The van der Waals surface area contributed by atoms with E-state index in [1.807, 2.05) is 6.07 Å². The molecule has 1 atom stereocenters. The van der Waals surface area contributed by atoms with E-state index in [-0.39, 0.29) is 0 Å². The molecule has 0 fully saturated rings. The van der Waals surface area contributed by atoms with E-state index in [0.29, 0.717) is 5.75 Å². The van der Waals surface area contributed by atoms with Crippen LogP contribution in [-0.2, 0) is 0 Å². The Balaban J connectivity index is 0.000000360. The predicted octanol–water partition coefficient (Wildman–Crippen LogP) is 6.77. The number of aliphatic imine (C=N–C) groups is 1. The van der Waals surface area contributed by atoms with Crippen molar-refractivity contribution in [3.05, 3.63) is 42.5 Å². The molecule has 3 nitrogen and oxygen atoms in total. The topological polar surface area (TPSA) is 35.8 Å². The fraction of sp³-hybridized carbons (Fsp3) is 0.654. The zero-order valence-corrected chi connectivity index (χ0v) is 18.4. The van der Waals surface area contributed by atoms with Crippen molar-refractivity contribution >= 4 is 6.21 Å². The van der Waals surface area contributed by atoms with E-state index in [2.05, 4.69) is 28.3 Å². The van der Waals surface area contributed by atoms with Gasteiger partial charge in [0.25, 0.3) is 0 Å². The highest BCUT2D eigenvalue weighted by Gasteiger charge is 2.17. The maximum Gasteiger partial charge on any atom is 0.115 e. The second kappa shape index (κ2) is 16.2. The van der Waals surface area contributed by atoms with Gasteiger partial charge in [-0.1, -0.05) is 49.6 Å². The molecular weight excluding hydrogens is 356 g/mol. The highest BCUT2D eigenvalue weighted by molar-refractivity contribution is 5.56. The van der Waals surface area contributed by atoms with Gasteiger partial charge in [0.05, 0.1) is 0 Å². The fourth-order valence-corrected chi connectivity index (χ4v) is 4.22. The Morgan fingerprint density at radius 2 is 1.41 bits per heavy atom. The number of allylic oxidation sites excluding steroid dienone is 2. The van der Waals surface area contributed by atoms with Gasteiger partial charge < -0.3 is 10.0 Å². The van der Waals surface area contributed by atoms with Gasteiger partial charge in [-0.15, -0.1) is 0 Å². The van der Waals surface area contributed by atoms with Crippen LogP contribution in [-0.4, -0.2) is 41.9 Å². The summed E-state index contributed by atoms with van der Waals surface area (Å²) in [5, 5.41) is 8.63. The molecule has 1 heterocycles. The molecule has 1 aliphatic heterocycles. The largest absolute Gasteiger partial charge is 0.508 e. The van der Waals surface area contributed by atoms with E-state index in [0.717, 1.165) is 12.6 Å². The lowest BCUT2D eigenvalue weighted by Crippen LogP contribution is -2.37. The van der Waals surface area contributed by atoms with Crippen molar-refractivity contribution in [3.63, 3.8) is 0 Å². The van der Waals surface area contributed by atoms with Crippen molar-refractivity contribution in [2.45, 2.75) is 89.5 Å². The van der Waals surface area contributed by atoms with E-state index < -0.39 is 0 Å². The molecule has 1 N–H and O–H groups in total. The van der Waals surface area contributed by atoms with Gasteiger partial charge in [0.15, 0.2) is 0 Å². The fourth-order valence-electron chi connectivity index (χ4n) is 4.22. The Morgan fingerprint density at radius 1 is 0.724 bits per heavy atom. The minimum atomic E-state index is 0.322. The Hall–Kier alpha value is -1.61. The third kappa shape index (κ3) is 11.9. The number of nitrogens with zero attached hydrogens (tertiary/aromatic N) is 2. The van der Waals surface area contributed by atoms with Crippen molar-refractivity contribution in [2.24, 2.45) is 4.99 Å². The second-order valence-corrected chi connectivity index (χ2v) is 8.36. The maximum absolute atomic E-state index is 8.63. The Labute approximate surface area is 178 Å². The number of hydrogen-bond acceptors (Lipinski definition) is 3. The molecule has 1 aromatic rings. The molecule has 0 saturated carbocycles. The van der Waals surface area contributed by atoms with E-state index in [4.69, 9.17) is 5.11 Å². The summed E-state index contributed by atoms with van der Waals surface area (Å²) in [6.45, 7) is 3.62. The standard InChI is InChI=1S/C20H36N2.C6H6O/c1-2-4-6-10-15-20(14-9-5-3-1)22-18-12-8-7-11-16-21-17-13-19-22;7-6-4-2-1-3-5-6/h1,3,16,20H,2,4-15,17-19H2;1-5,7H. The van der Waals surface area contributed by atoms with Crippen LogP contribution in [0.1, 0.15) is 83.5 Å². The molecule has 1 unspecified atom stereocenters. The summed E-state index contributed by atoms with van der Waals surface area (Å²) >= 11 is 0. The molecule has 29 heavy (non-hydrogen) atoms. The summed E-state index contributed by atoms with van der Waals surface area (Å²) in [6.07, 6.45) is 24.5. The average Bonchev–Trinajstić information content (AvgIpc) is 2.84. The lowest BCUT2D eigenvalue weighted by atomic mass is 10.00. The first kappa shape index (κ1) is 23.7. The van der Waals surface area contributed by atoms with Crippen molar-refractivity contribution in [3.8, 4) is 5.75 Å². The molecule has 162 valence electrons. The molecule has 0 saturated heterocycles. The minimum absolute atomic E-state index is 0.322. The zero-order chi connectivity index (χ0) is 20.4. The molecule has 0 spiro atoms. The van der Waals surface area contributed by atoms with Crippen LogP contribution in [0, 0.1) is 0 Å². The number of benzene rings is 1. The summed E-state index contributed by atoms with van der Waals surface area (Å²) in [4.78, 5) is 7.39. The number of aromatic hydroxyl groups is 1. The third-order valence-corrected chi connectivity index (χ3v) is 5.90. The molecule has 0 aromatic heterocycles. The molecule has 1 aromatic carbocycles. The SMILES string of the molecule is C1=CCCCC(N2CCCCCC=NCCC2)CCCCC1.Oc1ccccc1. The van der Waals surface area contributed by atoms with Crippen molar-refractivity contribution in [2.75, 3.05) is 19.6 Å². The van der Waals surface area contributed by atoms with Crippen LogP contribution in [0.25, 0.3) is 0 Å². The smallest absolute Gasteiger partial charge is 0.115 e. The summed E-state index contributed by atoms with van der Waals surface area (Å²) in [7, 11) is 0. The molecule has 1 aliphatic carbocycles. The lowest BCUT2D eigenvalue weighted by molar-refractivity contribution is 0.167. The number of rotatable bonds is 1. The second-order valence-electron chi connectivity index (χ2n) is 8.36. The Morgan fingerprint density at radius 3 is 2.21 bits per heavy atom. The van der Waals surface area contributed by atoms with Gasteiger partial charge in [-0.2, -0.15) is 0 Å². The normalized spacial score (nSPS) is 23.1. The van der Waals surface area contributed by atoms with Gasteiger partial charge >= 0.3 is 0 Å². The van der Waals surface area contributed by atoms with Crippen molar-refractivity contribution < 1.29 is 5.11 Å². The van der Waals surface area contributed by atoms with Crippen molar-refractivity contribution in [1.82, 2.24) is 4.90 Å². The van der Waals surface area contributed by atoms with E-state index in [9.17, 15) is 0 Å². The van der Waals surface area contributed by atoms with Gasteiger partial charge in [-0.05, 0) is 89.1 Å². The molecule has 3 heteroatoms. The van der Waals surface area contributed by atoms with E-state index >= 15 is 0 Å². The Kier molecular flexibility index (Phi) is 13.2. The first-order valence-corrected chi connectivity index (χ1v) is 12.0. The average molecular weight is 399 g/mol. The minimum Gasteiger partial charge on any atom is -0.508 e. The zero-order valence-electron chi connectivity index (χ0n) is 18.4. The monoisotopic (exact) mass is 398 g/mol. The van der Waals surface area contributed by atoms with Crippen LogP contribution in [0.4, 0.5) is 0 Å². The summed E-state index contributed by atoms with van der Waals surface area (Å²) < 4.78 is 0. The van der Waals surface area contributed by atoms with E-state index in [1.165, 1.54) is 96.6 Å². The maximum atomic E-state index is 8.63. The van der Waals surface area contributed by atoms with Gasteiger partial charge in [0, 0.05) is 19.1 Å². The van der Waals surface area contributed by atoms with Crippen LogP contribution in [0.3, 0.4) is 0 Å². The number of phenols is 1. The van der Waals surface area contributed by atoms with Crippen LogP contribution >= 0.6 is 0 Å². The highest BCUT2D eigenvalue weighted by atomic mass is 16.3. The summed E-state index contributed by atoms with van der Waals surface area (Å²) in [6, 6.07) is 9.54. The third-order valence-electron chi connectivity index (χ3n) is 5.90. The number of para-hydroxylation sites is 1. The van der Waals surface area contributed by atoms with Gasteiger partial charge in [-0.3, -0.25) is 4.99 Å². The molecule has 3 rings (SSSR count). The predicted molar refractivity (Wildman–Crippen MR) is 126 cm³/mol. The number of phenolic OH excluding ortho intramolecular Hbond substituents is 1. The van der Waals surface area contributed by atoms with Crippen LogP contribution < -0.4 is 0 Å². The van der Waals surface area contributed by atoms with Crippen LogP contribution in [0.2, 0.25) is 0 Å². The van der Waals surface area contributed by atoms with Gasteiger partial charge in [0.2, 0.25) is 0 Å². The van der Waals surface area contributed by atoms with Gasteiger partial charge in [-0.25, -0.2) is 0 Å². The highest BCUT2D eigenvalue weighted by Crippen LogP contribution is 2.20. The van der Waals surface area contributed by atoms with Crippen molar-refractivity contribution in [1.29, 1.82) is 0 Å². The first-order chi connectivity index (χ1) is 14.4. The molecule has 0 amide bonds. The molecular formula is C26H42N2O. The first-order valence-electron chi connectivity index (χ1n) is 12.0. The van der Waals surface area contributed by atoms with Gasteiger partial charge in [0.1, 0.15) is 5.75 Å². The summed E-state index contributed by atoms with van der Waals surface area (Å²) in [5.74, 6) is 0.322.